The molecule has 1 saturated heterocycles. The second-order valence-corrected chi connectivity index (χ2v) is 17.4. The number of nitrogens with zero attached hydrogens (tertiary/aromatic N) is 5. The Labute approximate surface area is 364 Å². The van der Waals surface area contributed by atoms with Gasteiger partial charge in [-0.3, -0.25) is 9.59 Å². The Morgan fingerprint density at radius 3 is 2.44 bits per heavy atom. The van der Waals surface area contributed by atoms with Crippen LogP contribution in [-0.2, 0) is 11.8 Å². The number of nitrogens with two attached hydrogens (primary N) is 1. The Morgan fingerprint density at radius 2 is 1.71 bits per heavy atom. The first-order chi connectivity index (χ1) is 29.7. The lowest BCUT2D eigenvalue weighted by Crippen LogP contribution is -2.74. The quantitative estimate of drug-likeness (QED) is 0.0759. The molecule has 14 nitrogen and oxygen atoms in total. The van der Waals surface area contributed by atoms with Gasteiger partial charge in [-0.05, 0) is 61.4 Å². The Hall–Kier alpha value is -6.56. The molecule has 2 fully saturated rings. The predicted octanol–water partition coefficient (Wildman–Crippen LogP) is 7.90. The number of carbonyl (C=O) groups is 1. The van der Waals surface area contributed by atoms with Crippen LogP contribution in [-0.4, -0.2) is 70.0 Å². The number of fused-ring (bicyclic) bond motifs is 1. The number of amides is 1. The summed E-state index contributed by atoms with van der Waals surface area (Å²) in [6.07, 6.45) is 8.14. The number of rotatable bonds is 13. The highest BCUT2D eigenvalue weighted by Crippen LogP contribution is 2.55. The number of hydrogen-bond donors (Lipinski definition) is 3. The second-order valence-electron chi connectivity index (χ2n) is 17.0. The lowest BCUT2D eigenvalue weighted by atomic mass is 9.49. The highest BCUT2D eigenvalue weighted by atomic mass is 35.5. The zero-order valence-electron chi connectivity index (χ0n) is 35.3. The molecule has 1 amide bonds. The average molecular weight is 857 g/mol. The van der Waals surface area contributed by atoms with Gasteiger partial charge in [-0.15, -0.1) is 0 Å². The third-order valence-corrected chi connectivity index (χ3v) is 12.3. The van der Waals surface area contributed by atoms with Gasteiger partial charge < -0.3 is 44.4 Å². The van der Waals surface area contributed by atoms with Crippen LogP contribution < -0.4 is 35.7 Å². The van der Waals surface area contributed by atoms with Crippen LogP contribution in [0, 0.1) is 22.2 Å². The van der Waals surface area contributed by atoms with E-state index in [0.29, 0.717) is 69.5 Å². The summed E-state index contributed by atoms with van der Waals surface area (Å²) in [5.74, 6) is 2.73. The summed E-state index contributed by atoms with van der Waals surface area (Å²) in [6.45, 7) is 10.5. The molecule has 15 heteroatoms. The summed E-state index contributed by atoms with van der Waals surface area (Å²) >= 11 is 6.24. The van der Waals surface area contributed by atoms with Crippen molar-refractivity contribution in [1.29, 1.82) is 5.26 Å². The first kappa shape index (κ1) is 42.1. The van der Waals surface area contributed by atoms with Crippen LogP contribution in [0.25, 0.3) is 22.0 Å². The van der Waals surface area contributed by atoms with Crippen LogP contribution in [0.2, 0.25) is 5.02 Å². The summed E-state index contributed by atoms with van der Waals surface area (Å²) in [7, 11) is 1.72. The van der Waals surface area contributed by atoms with Crippen molar-refractivity contribution in [3.63, 3.8) is 0 Å². The molecule has 1 aliphatic heterocycles. The molecule has 0 radical (unpaired) electrons. The van der Waals surface area contributed by atoms with E-state index in [-0.39, 0.29) is 29.7 Å². The molecule has 320 valence electrons. The van der Waals surface area contributed by atoms with Crippen LogP contribution in [0.1, 0.15) is 56.5 Å². The summed E-state index contributed by atoms with van der Waals surface area (Å²) in [5.41, 5.74) is 8.73. The number of ether oxygens (including phenoxy) is 4. The maximum atomic E-state index is 13.4. The predicted molar refractivity (Wildman–Crippen MR) is 238 cm³/mol. The molecule has 0 spiro atoms. The van der Waals surface area contributed by atoms with E-state index in [1.165, 1.54) is 0 Å². The minimum Gasteiger partial charge on any atom is -0.491 e. The van der Waals surface area contributed by atoms with Gasteiger partial charge >= 0.3 is 0 Å². The van der Waals surface area contributed by atoms with Gasteiger partial charge in [-0.25, -0.2) is 9.97 Å². The lowest BCUT2D eigenvalue weighted by molar-refractivity contribution is -0.164. The first-order valence-electron chi connectivity index (χ1n) is 20.6. The van der Waals surface area contributed by atoms with Crippen molar-refractivity contribution >= 4 is 40.0 Å². The van der Waals surface area contributed by atoms with Crippen molar-refractivity contribution in [3.8, 4) is 40.2 Å². The van der Waals surface area contributed by atoms with E-state index in [9.17, 15) is 14.9 Å². The number of hydrogen-bond acceptors (Lipinski definition) is 11. The fourth-order valence-electron chi connectivity index (χ4n) is 9.09. The van der Waals surface area contributed by atoms with Gasteiger partial charge in [0.1, 0.15) is 47.3 Å². The standard InChI is InChI=1S/C47H49ClN8O6/c1-46(2)43(47(3,4)44(46)62-34-11-9-28(24-49)38(48)23-34)54-41(57)29-25-52-45(53-26-29)56-17-14-31(15-18-56)59-19-20-60-32-7-6-8-33(22-32)61-39-12-10-30(50)21-36(39)37-27-55(5)42(58)40-35(37)13-16-51-40/h6-13,16,21-23,25-27,31,43-44,51H,14-15,17-20,50H2,1-5H3,(H,54,57). The first-order valence-corrected chi connectivity index (χ1v) is 20.9. The normalized spacial score (nSPS) is 18.1. The Bertz CT molecular complexity index is 2700. The molecule has 2 aliphatic rings. The maximum Gasteiger partial charge on any atom is 0.274 e. The lowest BCUT2D eigenvalue weighted by Gasteiger charge is -2.63. The number of nitrogens with one attached hydrogen (secondary N) is 2. The number of nitriles is 1. The number of nitrogen functional groups attached to an aromatic ring is 1. The molecule has 0 bridgehead atoms. The molecule has 0 unspecified atom stereocenters. The van der Waals surface area contributed by atoms with E-state index in [4.69, 9.17) is 36.3 Å². The monoisotopic (exact) mass is 856 g/mol. The summed E-state index contributed by atoms with van der Waals surface area (Å²) < 4.78 is 26.5. The summed E-state index contributed by atoms with van der Waals surface area (Å²) in [6, 6.07) is 21.7. The molecule has 1 aliphatic carbocycles. The topological polar surface area (TPSA) is 183 Å². The van der Waals surface area contributed by atoms with E-state index >= 15 is 0 Å². The molecule has 6 aromatic rings. The van der Waals surface area contributed by atoms with Gasteiger partial charge in [0.2, 0.25) is 5.95 Å². The largest absolute Gasteiger partial charge is 0.491 e. The average Bonchev–Trinajstić information content (AvgIpc) is 3.76. The van der Waals surface area contributed by atoms with E-state index in [0.717, 1.165) is 42.4 Å². The molecular weight excluding hydrogens is 808 g/mol. The Balaban J connectivity index is 0.793. The van der Waals surface area contributed by atoms with Crippen molar-refractivity contribution in [2.75, 3.05) is 36.9 Å². The van der Waals surface area contributed by atoms with Crippen LogP contribution in [0.5, 0.6) is 23.0 Å². The molecular formula is C47H49ClN8O6. The highest BCUT2D eigenvalue weighted by Gasteiger charge is 2.64. The fourth-order valence-corrected chi connectivity index (χ4v) is 9.31. The third-order valence-electron chi connectivity index (χ3n) is 12.0. The Kier molecular flexibility index (Phi) is 11.6. The number of piperidine rings is 1. The zero-order valence-corrected chi connectivity index (χ0v) is 36.0. The number of aryl methyl sites for hydroxylation is 1. The van der Waals surface area contributed by atoms with Gasteiger partial charge in [-0.2, -0.15) is 5.26 Å². The molecule has 4 heterocycles. The van der Waals surface area contributed by atoms with E-state index in [1.54, 1.807) is 60.7 Å². The number of aromatic nitrogens is 4. The highest BCUT2D eigenvalue weighted by molar-refractivity contribution is 6.31. The molecule has 3 aromatic heterocycles. The summed E-state index contributed by atoms with van der Waals surface area (Å²) in [4.78, 5) is 40.4. The smallest absolute Gasteiger partial charge is 0.274 e. The Morgan fingerprint density at radius 1 is 0.968 bits per heavy atom. The van der Waals surface area contributed by atoms with Crippen molar-refractivity contribution in [3.05, 3.63) is 118 Å². The maximum absolute atomic E-state index is 13.4. The van der Waals surface area contributed by atoms with Crippen molar-refractivity contribution in [2.24, 2.45) is 17.9 Å². The number of halogens is 1. The van der Waals surface area contributed by atoms with Gasteiger partial charge in [0.15, 0.2) is 0 Å². The van der Waals surface area contributed by atoms with Gasteiger partial charge in [0, 0.05) is 96.1 Å². The second kappa shape index (κ2) is 17.1. The van der Waals surface area contributed by atoms with Gasteiger partial charge in [0.25, 0.3) is 11.5 Å². The minimum absolute atomic E-state index is 0.0679. The molecule has 4 N–H and O–H groups in total. The van der Waals surface area contributed by atoms with Crippen LogP contribution in [0.3, 0.4) is 0 Å². The number of anilines is 2. The van der Waals surface area contributed by atoms with Crippen LogP contribution in [0.4, 0.5) is 11.6 Å². The number of benzene rings is 3. The van der Waals surface area contributed by atoms with E-state index < -0.39 is 10.8 Å². The molecule has 8 rings (SSSR count). The number of carbonyl (C=O) groups excluding carboxylic acids is 1. The number of aromatic amines is 1. The van der Waals surface area contributed by atoms with Gasteiger partial charge in [-0.1, -0.05) is 45.4 Å². The molecule has 3 aromatic carbocycles. The van der Waals surface area contributed by atoms with Crippen molar-refractivity contribution in [2.45, 2.75) is 58.8 Å². The zero-order chi connectivity index (χ0) is 43.8. The minimum atomic E-state index is -0.395. The fraction of sp³-hybridized carbons (Fsp3) is 0.340. The molecule has 62 heavy (non-hydrogen) atoms. The van der Waals surface area contributed by atoms with Crippen molar-refractivity contribution in [1.82, 2.24) is 24.8 Å². The molecule has 1 saturated carbocycles. The third kappa shape index (κ3) is 8.38. The van der Waals surface area contributed by atoms with Gasteiger partial charge in [0.05, 0.1) is 28.9 Å². The summed E-state index contributed by atoms with van der Waals surface area (Å²) in [5, 5.41) is 13.5. The van der Waals surface area contributed by atoms with E-state index in [2.05, 4.69) is 58.9 Å². The molecule has 0 atom stereocenters. The number of H-pyrrole nitrogens is 1. The number of pyridine rings is 1. The van der Waals surface area contributed by atoms with E-state index in [1.807, 2.05) is 42.5 Å². The van der Waals surface area contributed by atoms with Crippen molar-refractivity contribution < 1.29 is 23.7 Å². The SMILES string of the molecule is Cn1cc(-c2cc(N)ccc2Oc2cccc(OCCOC3CCN(c4ncc(C(=O)NC5C(C)(C)C(Oc6ccc(C#N)c(Cl)c6)C5(C)C)cn4)CC3)c2)c2cc[nH]c2c1=O. The van der Waals surface area contributed by atoms with Crippen LogP contribution in [0.15, 0.2) is 96.3 Å². The van der Waals surface area contributed by atoms with Crippen LogP contribution >= 0.6 is 11.6 Å².